The first kappa shape index (κ1) is 64.7. The Bertz CT molecular complexity index is 1540. The molecule has 0 fully saturated rings. The van der Waals surface area contributed by atoms with Crippen molar-refractivity contribution in [3.8, 4) is 0 Å². The first-order valence-corrected chi connectivity index (χ1v) is 26.7. The molecule has 0 saturated carbocycles. The Morgan fingerprint density at radius 1 is 0.449 bits per heavy atom. The fourth-order valence-corrected chi connectivity index (χ4v) is 6.63. The highest BCUT2D eigenvalue weighted by atomic mass is 16.7. The first-order valence-electron chi connectivity index (χ1n) is 26.7. The fourth-order valence-electron chi connectivity index (χ4n) is 6.63. The molecule has 0 bridgehead atoms. The van der Waals surface area contributed by atoms with Gasteiger partial charge in [0.2, 0.25) is 0 Å². The highest BCUT2D eigenvalue weighted by Crippen LogP contribution is 2.13. The Kier molecular flexibility index (Phi) is 47.0. The summed E-state index contributed by atoms with van der Waals surface area (Å²) >= 11 is 0. The smallest absolute Gasteiger partial charge is 0.361 e. The maximum Gasteiger partial charge on any atom is 0.361 e. The number of quaternary nitrogens is 1. The lowest BCUT2D eigenvalue weighted by molar-refractivity contribution is -0.870. The molecule has 0 aromatic rings. The van der Waals surface area contributed by atoms with E-state index in [0.29, 0.717) is 23.9 Å². The second-order valence-electron chi connectivity index (χ2n) is 18.5. The number of rotatable bonds is 47. The van der Waals surface area contributed by atoms with Crippen molar-refractivity contribution in [2.24, 2.45) is 0 Å². The second kappa shape index (κ2) is 50.1. The van der Waals surface area contributed by atoms with Crippen LogP contribution in [0.1, 0.15) is 181 Å². The van der Waals surface area contributed by atoms with Gasteiger partial charge >= 0.3 is 17.9 Å². The van der Waals surface area contributed by atoms with Crippen LogP contribution in [0.5, 0.6) is 0 Å². The van der Waals surface area contributed by atoms with Crippen LogP contribution in [0.15, 0.2) is 122 Å². The van der Waals surface area contributed by atoms with Crippen LogP contribution in [-0.2, 0) is 33.3 Å². The highest BCUT2D eigenvalue weighted by molar-refractivity contribution is 5.71. The third kappa shape index (κ3) is 51.4. The minimum atomic E-state index is -1.52. The number of carboxylic acids is 1. The van der Waals surface area contributed by atoms with E-state index in [9.17, 15) is 19.5 Å². The Morgan fingerprint density at radius 3 is 1.23 bits per heavy atom. The Morgan fingerprint density at radius 2 is 0.826 bits per heavy atom. The van der Waals surface area contributed by atoms with E-state index in [2.05, 4.69) is 135 Å². The Hall–Kier alpha value is -4.31. The molecule has 0 aliphatic heterocycles. The van der Waals surface area contributed by atoms with Gasteiger partial charge in [0.1, 0.15) is 13.2 Å². The number of hydrogen-bond donors (Lipinski definition) is 1. The van der Waals surface area contributed by atoms with E-state index >= 15 is 0 Å². The van der Waals surface area contributed by atoms with E-state index < -0.39 is 24.3 Å². The van der Waals surface area contributed by atoms with Crippen molar-refractivity contribution in [1.82, 2.24) is 0 Å². The van der Waals surface area contributed by atoms with Crippen molar-refractivity contribution in [2.45, 2.75) is 193 Å². The van der Waals surface area contributed by atoms with Crippen LogP contribution in [0.3, 0.4) is 0 Å². The maximum atomic E-state index is 12.8. The topological polar surface area (TPSA) is 108 Å². The average molecular weight is 961 g/mol. The van der Waals surface area contributed by atoms with Crippen LogP contribution in [0.4, 0.5) is 0 Å². The molecular weight excluding hydrogens is 863 g/mol. The van der Waals surface area contributed by atoms with E-state index in [1.54, 1.807) is 0 Å². The number of nitrogens with zero attached hydrogens (tertiary/aromatic N) is 1. The number of ether oxygens (including phenoxy) is 4. The summed E-state index contributed by atoms with van der Waals surface area (Å²) in [4.78, 5) is 37.0. The number of hydrogen-bond acceptors (Lipinski definition) is 7. The molecule has 0 amide bonds. The Balaban J connectivity index is 4.16. The summed E-state index contributed by atoms with van der Waals surface area (Å²) in [7, 11) is 5.94. The van der Waals surface area contributed by atoms with Crippen LogP contribution >= 0.6 is 0 Å². The van der Waals surface area contributed by atoms with Crippen molar-refractivity contribution in [1.29, 1.82) is 0 Å². The zero-order chi connectivity index (χ0) is 50.6. The van der Waals surface area contributed by atoms with E-state index in [1.165, 1.54) is 25.7 Å². The lowest BCUT2D eigenvalue weighted by Gasteiger charge is -2.25. The summed E-state index contributed by atoms with van der Waals surface area (Å²) in [6, 6.07) is 0. The van der Waals surface area contributed by atoms with Gasteiger partial charge in [0.05, 0.1) is 34.4 Å². The highest BCUT2D eigenvalue weighted by Gasteiger charge is 2.25. The number of esters is 2. The maximum absolute atomic E-state index is 12.8. The molecular formula is C60H98NO8+. The van der Waals surface area contributed by atoms with Gasteiger partial charge in [0.25, 0.3) is 6.29 Å². The summed E-state index contributed by atoms with van der Waals surface area (Å²) in [5.74, 6) is -2.05. The monoisotopic (exact) mass is 961 g/mol. The molecule has 0 aliphatic rings. The predicted octanol–water partition coefficient (Wildman–Crippen LogP) is 15.3. The molecule has 390 valence electrons. The summed E-state index contributed by atoms with van der Waals surface area (Å²) in [5.41, 5.74) is 0. The number of allylic oxidation sites excluding steroid dienone is 20. The molecule has 69 heavy (non-hydrogen) atoms. The van der Waals surface area contributed by atoms with Gasteiger partial charge in [0.15, 0.2) is 6.10 Å². The van der Waals surface area contributed by atoms with Crippen LogP contribution in [0.2, 0.25) is 0 Å². The van der Waals surface area contributed by atoms with Crippen molar-refractivity contribution < 1.29 is 42.9 Å². The number of aliphatic carboxylic acids is 1. The number of likely N-dealkylation sites (N-methyl/N-ethyl adjacent to an activating group) is 1. The molecule has 2 unspecified atom stereocenters. The van der Waals surface area contributed by atoms with Crippen molar-refractivity contribution in [3.05, 3.63) is 122 Å². The van der Waals surface area contributed by atoms with Gasteiger partial charge in [-0.05, 0) is 89.9 Å². The second-order valence-corrected chi connectivity index (χ2v) is 18.5. The van der Waals surface area contributed by atoms with Gasteiger partial charge in [-0.15, -0.1) is 0 Å². The molecule has 0 spiro atoms. The number of carboxylic acid groups (broad SMARTS) is 1. The molecule has 0 radical (unpaired) electrons. The molecule has 9 nitrogen and oxygen atoms in total. The predicted molar refractivity (Wildman–Crippen MR) is 290 cm³/mol. The van der Waals surface area contributed by atoms with E-state index in [4.69, 9.17) is 18.9 Å². The van der Waals surface area contributed by atoms with Gasteiger partial charge in [-0.1, -0.05) is 200 Å². The fraction of sp³-hybridized carbons (Fsp3) is 0.617. The number of carbonyl (C=O) groups is 3. The molecule has 0 rings (SSSR count). The van der Waals surface area contributed by atoms with Gasteiger partial charge in [-0.25, -0.2) is 4.79 Å². The van der Waals surface area contributed by atoms with Crippen molar-refractivity contribution in [3.63, 3.8) is 0 Å². The van der Waals surface area contributed by atoms with Crippen LogP contribution in [0.25, 0.3) is 0 Å². The third-order valence-corrected chi connectivity index (χ3v) is 10.7. The van der Waals surface area contributed by atoms with E-state index in [0.717, 1.165) is 122 Å². The molecule has 9 heteroatoms. The largest absolute Gasteiger partial charge is 0.477 e. The summed E-state index contributed by atoms with van der Waals surface area (Å²) in [6.07, 6.45) is 67.3. The molecule has 0 heterocycles. The Labute approximate surface area is 421 Å². The average Bonchev–Trinajstić information content (AvgIpc) is 3.31. The lowest BCUT2D eigenvalue weighted by atomic mass is 10.1. The summed E-state index contributed by atoms with van der Waals surface area (Å²) in [5, 5.41) is 9.63. The standard InChI is InChI=1S/C60H97NO8/c1-6-8-10-12-14-15-16-17-18-19-20-21-22-23-24-25-26-27-28-29-30-31-32-33-34-35-36-37-38-39-40-41-42-43-45-47-49-51-58(63)69-56(54-67-57(62)50-48-46-44-13-11-9-7-2)55-68-60(59(64)65)66-53-52-61(3,4)5/h8,10,14-15,17-18,20-21,23-24,26-27,29-30,32-33,35-36,38-39,56,60H,6-7,9,11-13,16,19,22,25,28,31,34,37,40-55H2,1-5H3/p+1/b10-8-,15-14-,18-17-,21-20-,24-23-,27-26-,30-29-,33-32-,36-35-,39-38-. The third-order valence-electron chi connectivity index (χ3n) is 10.7. The summed E-state index contributed by atoms with van der Waals surface area (Å²) in [6.45, 7) is 4.66. The normalized spacial score (nSPS) is 13.8. The minimum Gasteiger partial charge on any atom is -0.477 e. The lowest BCUT2D eigenvalue weighted by Crippen LogP contribution is -2.40. The quantitative estimate of drug-likeness (QED) is 0.0211. The molecule has 0 aliphatic carbocycles. The molecule has 1 N–H and O–H groups in total. The van der Waals surface area contributed by atoms with Gasteiger partial charge < -0.3 is 28.5 Å². The van der Waals surface area contributed by atoms with Gasteiger partial charge in [0, 0.05) is 12.8 Å². The SMILES string of the molecule is CC/C=C\C/C=C\C/C=C\C/C=C\C/C=C\C/C=C\C/C=C\C/C=C\C/C=C\C/C=C\CCCCCCCCC(=O)OC(COC(=O)CCCCCCCCC)COC(OCC[N+](C)(C)C)C(=O)O. The van der Waals surface area contributed by atoms with Crippen molar-refractivity contribution in [2.75, 3.05) is 47.5 Å². The van der Waals surface area contributed by atoms with E-state index in [-0.39, 0.29) is 32.2 Å². The van der Waals surface area contributed by atoms with Crippen LogP contribution in [0, 0.1) is 0 Å². The van der Waals surface area contributed by atoms with Crippen LogP contribution < -0.4 is 0 Å². The van der Waals surface area contributed by atoms with Gasteiger partial charge in [-0.2, -0.15) is 0 Å². The molecule has 0 saturated heterocycles. The minimum absolute atomic E-state index is 0.179. The summed E-state index contributed by atoms with van der Waals surface area (Å²) < 4.78 is 22.6. The number of unbranched alkanes of at least 4 members (excludes halogenated alkanes) is 12. The number of carbonyl (C=O) groups excluding carboxylic acids is 2. The van der Waals surface area contributed by atoms with Gasteiger partial charge in [-0.3, -0.25) is 9.59 Å². The van der Waals surface area contributed by atoms with E-state index in [1.807, 2.05) is 21.1 Å². The zero-order valence-electron chi connectivity index (χ0n) is 44.2. The zero-order valence-corrected chi connectivity index (χ0v) is 44.2. The van der Waals surface area contributed by atoms with Crippen LogP contribution in [-0.4, -0.2) is 87.4 Å². The van der Waals surface area contributed by atoms with Crippen molar-refractivity contribution >= 4 is 17.9 Å². The molecule has 0 aromatic carbocycles. The molecule has 2 atom stereocenters. The first-order chi connectivity index (χ1) is 33.6. The molecule has 0 aromatic heterocycles.